The van der Waals surface area contributed by atoms with Gasteiger partial charge in [-0.25, -0.2) is 0 Å². The van der Waals surface area contributed by atoms with Crippen LogP contribution in [0, 0.1) is 18.8 Å². The summed E-state index contributed by atoms with van der Waals surface area (Å²) in [6, 6.07) is 0. The third-order valence-corrected chi connectivity index (χ3v) is 4.30. The Morgan fingerprint density at radius 2 is 1.89 bits per heavy atom. The van der Waals surface area contributed by atoms with Crippen LogP contribution in [-0.4, -0.2) is 22.1 Å². The van der Waals surface area contributed by atoms with E-state index in [2.05, 4.69) is 52.1 Å². The number of nitrogens with one attached hydrogen (secondary N) is 1. The zero-order chi connectivity index (χ0) is 14.4. The molecule has 0 saturated carbocycles. The maximum absolute atomic E-state index is 4.56. The molecule has 0 aromatic carbocycles. The normalized spacial score (nSPS) is 11.8. The Kier molecular flexibility index (Phi) is 6.94. The maximum Gasteiger partial charge on any atom is 0.0984 e. The van der Waals surface area contributed by atoms with Crippen LogP contribution in [0.25, 0.3) is 0 Å². The van der Waals surface area contributed by atoms with Gasteiger partial charge in [0, 0.05) is 19.2 Å². The van der Waals surface area contributed by atoms with E-state index in [1.165, 1.54) is 22.8 Å². The zero-order valence-corrected chi connectivity index (χ0v) is 14.1. The van der Waals surface area contributed by atoms with E-state index in [0.29, 0.717) is 5.92 Å². The van der Waals surface area contributed by atoms with Gasteiger partial charge in [0.15, 0.2) is 0 Å². The molecular formula is C15H29N3S. The van der Waals surface area contributed by atoms with Gasteiger partial charge >= 0.3 is 0 Å². The Labute approximate surface area is 122 Å². The van der Waals surface area contributed by atoms with Crippen LogP contribution < -0.4 is 5.32 Å². The number of nitrogens with zero attached hydrogens (tertiary/aromatic N) is 2. The van der Waals surface area contributed by atoms with Gasteiger partial charge in [-0.1, -0.05) is 27.7 Å². The first kappa shape index (κ1) is 16.6. The van der Waals surface area contributed by atoms with E-state index in [4.69, 9.17) is 0 Å². The van der Waals surface area contributed by atoms with E-state index in [-0.39, 0.29) is 0 Å². The molecule has 19 heavy (non-hydrogen) atoms. The molecule has 0 aliphatic heterocycles. The molecule has 1 heterocycles. The van der Waals surface area contributed by atoms with Crippen LogP contribution in [0.2, 0.25) is 0 Å². The van der Waals surface area contributed by atoms with Crippen LogP contribution in [0.3, 0.4) is 0 Å². The highest BCUT2D eigenvalue weighted by molar-refractivity contribution is 7.99. The Bertz CT molecular complexity index is 348. The molecule has 0 aliphatic rings. The average molecular weight is 283 g/mol. The van der Waals surface area contributed by atoms with Crippen LogP contribution in [0.15, 0.2) is 5.03 Å². The maximum atomic E-state index is 4.56. The molecular weight excluding hydrogens is 254 g/mol. The largest absolute Gasteiger partial charge is 0.312 e. The second kappa shape index (κ2) is 7.95. The molecule has 0 spiro atoms. The summed E-state index contributed by atoms with van der Waals surface area (Å²) in [7, 11) is 2.05. The monoisotopic (exact) mass is 283 g/mol. The topological polar surface area (TPSA) is 29.9 Å². The Hall–Kier alpha value is -0.480. The first-order valence-corrected chi connectivity index (χ1v) is 8.26. The van der Waals surface area contributed by atoms with Gasteiger partial charge in [0.25, 0.3) is 0 Å². The molecule has 1 aromatic heterocycles. The number of hydrogen-bond acceptors (Lipinski definition) is 3. The van der Waals surface area contributed by atoms with Gasteiger partial charge < -0.3 is 5.32 Å². The van der Waals surface area contributed by atoms with Gasteiger partial charge in [0.2, 0.25) is 0 Å². The molecule has 110 valence electrons. The van der Waals surface area contributed by atoms with E-state index in [1.807, 2.05) is 16.4 Å². The fraction of sp³-hybridized carbons (Fsp3) is 0.800. The van der Waals surface area contributed by atoms with Gasteiger partial charge in [-0.3, -0.25) is 4.68 Å². The molecule has 0 aliphatic carbocycles. The number of hydrogen-bond donors (Lipinski definition) is 1. The molecule has 4 heteroatoms. The van der Waals surface area contributed by atoms with E-state index in [9.17, 15) is 0 Å². The summed E-state index contributed by atoms with van der Waals surface area (Å²) in [5.74, 6) is 2.63. The van der Waals surface area contributed by atoms with Crippen molar-refractivity contribution in [3.8, 4) is 0 Å². The van der Waals surface area contributed by atoms with Crippen LogP contribution >= 0.6 is 11.8 Å². The second-order valence-electron chi connectivity index (χ2n) is 6.05. The van der Waals surface area contributed by atoms with Crippen LogP contribution in [0.4, 0.5) is 0 Å². The summed E-state index contributed by atoms with van der Waals surface area (Å²) in [6.07, 6.45) is 1.26. The Morgan fingerprint density at radius 3 is 2.47 bits per heavy atom. The summed E-state index contributed by atoms with van der Waals surface area (Å²) < 4.78 is 2.03. The highest BCUT2D eigenvalue weighted by Gasteiger charge is 2.13. The molecule has 3 nitrogen and oxygen atoms in total. The Morgan fingerprint density at radius 1 is 1.21 bits per heavy atom. The van der Waals surface area contributed by atoms with E-state index in [1.54, 1.807) is 0 Å². The molecule has 0 saturated heterocycles. The molecule has 0 fully saturated rings. The third kappa shape index (κ3) is 5.57. The highest BCUT2D eigenvalue weighted by atomic mass is 32.2. The summed E-state index contributed by atoms with van der Waals surface area (Å²) in [5.41, 5.74) is 2.53. The second-order valence-corrected chi connectivity index (χ2v) is 7.13. The van der Waals surface area contributed by atoms with Crippen LogP contribution in [-0.2, 0) is 13.6 Å². The number of rotatable bonds is 8. The molecule has 0 atom stereocenters. The fourth-order valence-corrected chi connectivity index (χ4v) is 3.35. The van der Waals surface area contributed by atoms with Gasteiger partial charge in [-0.2, -0.15) is 5.10 Å². The predicted octanol–water partition coefficient (Wildman–Crippen LogP) is 3.61. The minimum Gasteiger partial charge on any atom is -0.312 e. The van der Waals surface area contributed by atoms with Gasteiger partial charge in [0.05, 0.1) is 10.7 Å². The van der Waals surface area contributed by atoms with Crippen molar-refractivity contribution in [3.05, 3.63) is 11.3 Å². The zero-order valence-electron chi connectivity index (χ0n) is 13.3. The van der Waals surface area contributed by atoms with Crippen molar-refractivity contribution in [2.24, 2.45) is 18.9 Å². The summed E-state index contributed by atoms with van der Waals surface area (Å²) in [5, 5.41) is 9.42. The van der Waals surface area contributed by atoms with Crippen molar-refractivity contribution < 1.29 is 0 Å². The number of thioether (sulfide) groups is 1. The van der Waals surface area contributed by atoms with Crippen molar-refractivity contribution in [1.29, 1.82) is 0 Å². The minimum absolute atomic E-state index is 0.689. The molecule has 0 bridgehead atoms. The number of aryl methyl sites for hydroxylation is 2. The van der Waals surface area contributed by atoms with Crippen LogP contribution in [0.1, 0.15) is 45.4 Å². The molecule has 0 amide bonds. The molecule has 0 radical (unpaired) electrons. The van der Waals surface area contributed by atoms with Crippen molar-refractivity contribution in [3.63, 3.8) is 0 Å². The van der Waals surface area contributed by atoms with Gasteiger partial charge in [0.1, 0.15) is 0 Å². The smallest absolute Gasteiger partial charge is 0.0984 e. The quantitative estimate of drug-likeness (QED) is 0.739. The highest BCUT2D eigenvalue weighted by Crippen LogP contribution is 2.26. The van der Waals surface area contributed by atoms with Crippen molar-refractivity contribution in [2.75, 3.05) is 12.3 Å². The summed E-state index contributed by atoms with van der Waals surface area (Å²) >= 11 is 1.94. The molecule has 1 N–H and O–H groups in total. The first-order chi connectivity index (χ1) is 8.91. The molecule has 1 aromatic rings. The van der Waals surface area contributed by atoms with Crippen molar-refractivity contribution in [2.45, 2.75) is 52.6 Å². The fourth-order valence-electron chi connectivity index (χ4n) is 1.94. The lowest BCUT2D eigenvalue weighted by Gasteiger charge is -2.10. The Balaban J connectivity index is 2.62. The summed E-state index contributed by atoms with van der Waals surface area (Å²) in [4.78, 5) is 0. The van der Waals surface area contributed by atoms with Crippen molar-refractivity contribution in [1.82, 2.24) is 15.1 Å². The van der Waals surface area contributed by atoms with Crippen LogP contribution in [0.5, 0.6) is 0 Å². The van der Waals surface area contributed by atoms with E-state index < -0.39 is 0 Å². The predicted molar refractivity (Wildman–Crippen MR) is 84.7 cm³/mol. The van der Waals surface area contributed by atoms with E-state index >= 15 is 0 Å². The van der Waals surface area contributed by atoms with E-state index in [0.717, 1.165) is 24.7 Å². The number of aromatic nitrogens is 2. The summed E-state index contributed by atoms with van der Waals surface area (Å²) in [6.45, 7) is 13.1. The lowest BCUT2D eigenvalue weighted by molar-refractivity contribution is 0.547. The van der Waals surface area contributed by atoms with Gasteiger partial charge in [-0.15, -0.1) is 11.8 Å². The van der Waals surface area contributed by atoms with Gasteiger partial charge in [-0.05, 0) is 37.5 Å². The lowest BCUT2D eigenvalue weighted by Crippen LogP contribution is -2.19. The molecule has 1 rings (SSSR count). The standard InChI is InChI=1S/C15H29N3S/c1-11(2)7-8-19-15-14(10-16-9-12(3)4)13(5)17-18(15)6/h11-12,16H,7-10H2,1-6H3. The molecule has 0 unspecified atom stereocenters. The third-order valence-electron chi connectivity index (χ3n) is 3.08. The first-order valence-electron chi connectivity index (χ1n) is 7.27. The lowest BCUT2D eigenvalue weighted by atomic mass is 10.2. The van der Waals surface area contributed by atoms with Crippen molar-refractivity contribution >= 4 is 11.8 Å². The SMILES string of the molecule is Cc1nn(C)c(SCCC(C)C)c1CNCC(C)C. The minimum atomic E-state index is 0.689. The average Bonchev–Trinajstić information content (AvgIpc) is 2.54.